The molecule has 0 unspecified atom stereocenters. The van der Waals surface area contributed by atoms with Crippen LogP contribution in [0.25, 0.3) is 0 Å². The van der Waals surface area contributed by atoms with Crippen LogP contribution in [0.2, 0.25) is 10.0 Å². The summed E-state index contributed by atoms with van der Waals surface area (Å²) in [5.74, 6) is -3.12. The van der Waals surface area contributed by atoms with Gasteiger partial charge in [-0.3, -0.25) is 4.79 Å². The van der Waals surface area contributed by atoms with Crippen molar-refractivity contribution in [2.24, 2.45) is 0 Å². The number of benzene rings is 2. The molecule has 138 valence electrons. The van der Waals surface area contributed by atoms with Crippen molar-refractivity contribution in [3.63, 3.8) is 0 Å². The number of carbonyl (C=O) groups excluding carboxylic acids is 2. The van der Waals surface area contributed by atoms with Crippen molar-refractivity contribution >= 4 is 40.8 Å². The summed E-state index contributed by atoms with van der Waals surface area (Å²) in [7, 11) is 0. The molecule has 9 heteroatoms. The third kappa shape index (κ3) is 5.57. The zero-order valence-corrected chi connectivity index (χ0v) is 14.9. The Morgan fingerprint density at radius 1 is 1.15 bits per heavy atom. The van der Waals surface area contributed by atoms with Crippen LogP contribution in [0.15, 0.2) is 36.4 Å². The fourth-order valence-corrected chi connectivity index (χ4v) is 2.29. The molecule has 2 rings (SSSR count). The van der Waals surface area contributed by atoms with Gasteiger partial charge in [0.2, 0.25) is 0 Å². The van der Waals surface area contributed by atoms with Gasteiger partial charge in [0.1, 0.15) is 17.4 Å². The zero-order valence-electron chi connectivity index (χ0n) is 13.4. The molecule has 2 aromatic rings. The lowest BCUT2D eigenvalue weighted by Gasteiger charge is -2.15. The van der Waals surface area contributed by atoms with Crippen LogP contribution in [0.5, 0.6) is 5.75 Å². The number of nitrogens with one attached hydrogen (secondary N) is 1. The summed E-state index contributed by atoms with van der Waals surface area (Å²) in [4.78, 5) is 23.6. The van der Waals surface area contributed by atoms with Crippen LogP contribution < -0.4 is 10.1 Å². The summed E-state index contributed by atoms with van der Waals surface area (Å²) in [5.41, 5.74) is -0.232. The van der Waals surface area contributed by atoms with Crippen molar-refractivity contribution in [3.05, 3.63) is 58.1 Å². The predicted octanol–water partition coefficient (Wildman–Crippen LogP) is 4.22. The Bertz CT molecular complexity index is 832. The Labute approximate surface area is 157 Å². The highest BCUT2D eigenvalue weighted by Crippen LogP contribution is 2.28. The number of carbonyl (C=O) groups is 2. The normalized spacial score (nSPS) is 11.6. The molecule has 0 aromatic heterocycles. The Hall–Kier alpha value is -2.38. The SMILES string of the molecule is C[C@@H](Oc1ccc(Cl)cc1Cl)C(=O)OCC(=O)Nc1ccc(F)cc1F. The zero-order chi connectivity index (χ0) is 19.3. The molecule has 0 saturated heterocycles. The lowest BCUT2D eigenvalue weighted by atomic mass is 10.3. The number of anilines is 1. The maximum Gasteiger partial charge on any atom is 0.347 e. The molecule has 5 nitrogen and oxygen atoms in total. The second kappa shape index (κ2) is 8.82. The third-order valence-corrected chi connectivity index (χ3v) is 3.61. The van der Waals surface area contributed by atoms with Crippen LogP contribution in [0.3, 0.4) is 0 Å². The van der Waals surface area contributed by atoms with Crippen molar-refractivity contribution in [2.45, 2.75) is 13.0 Å². The van der Waals surface area contributed by atoms with Crippen LogP contribution in [0.1, 0.15) is 6.92 Å². The maximum absolute atomic E-state index is 13.4. The molecule has 1 amide bonds. The highest BCUT2D eigenvalue weighted by molar-refractivity contribution is 6.35. The van der Waals surface area contributed by atoms with Gasteiger partial charge in [-0.05, 0) is 37.3 Å². The molecule has 0 fully saturated rings. The molecular weight excluding hydrogens is 391 g/mol. The standard InChI is InChI=1S/C17H13Cl2F2NO4/c1-9(26-15-5-2-10(18)6-12(15)19)17(24)25-8-16(23)22-14-4-3-11(20)7-13(14)21/h2-7,9H,8H2,1H3,(H,22,23)/t9-/m1/s1. The van der Waals surface area contributed by atoms with E-state index >= 15 is 0 Å². The molecule has 0 radical (unpaired) electrons. The summed E-state index contributed by atoms with van der Waals surface area (Å²) in [5, 5.41) is 2.78. The number of ether oxygens (including phenoxy) is 2. The first-order valence-corrected chi connectivity index (χ1v) is 8.05. The van der Waals surface area contributed by atoms with E-state index in [1.807, 2.05) is 0 Å². The quantitative estimate of drug-likeness (QED) is 0.733. The van der Waals surface area contributed by atoms with E-state index in [9.17, 15) is 18.4 Å². The monoisotopic (exact) mass is 403 g/mol. The first-order chi connectivity index (χ1) is 12.3. The number of rotatable bonds is 6. The Morgan fingerprint density at radius 2 is 1.88 bits per heavy atom. The van der Waals surface area contributed by atoms with Crippen molar-refractivity contribution in [3.8, 4) is 5.75 Å². The average molecular weight is 404 g/mol. The van der Waals surface area contributed by atoms with E-state index in [-0.39, 0.29) is 16.5 Å². The molecule has 1 N–H and O–H groups in total. The van der Waals surface area contributed by atoms with Crippen molar-refractivity contribution in [1.29, 1.82) is 0 Å². The maximum atomic E-state index is 13.4. The highest BCUT2D eigenvalue weighted by Gasteiger charge is 2.19. The first-order valence-electron chi connectivity index (χ1n) is 7.29. The van der Waals surface area contributed by atoms with E-state index in [0.29, 0.717) is 11.1 Å². The van der Waals surface area contributed by atoms with E-state index in [0.717, 1.165) is 12.1 Å². The van der Waals surface area contributed by atoms with Gasteiger partial charge in [0.25, 0.3) is 5.91 Å². The molecule has 0 heterocycles. The molecule has 1 atom stereocenters. The van der Waals surface area contributed by atoms with Crippen LogP contribution in [-0.2, 0) is 14.3 Å². The molecule has 0 spiro atoms. The lowest BCUT2D eigenvalue weighted by Crippen LogP contribution is -2.30. The number of amides is 1. The fraction of sp³-hybridized carbons (Fsp3) is 0.176. The van der Waals surface area contributed by atoms with Gasteiger partial charge in [0.15, 0.2) is 12.7 Å². The van der Waals surface area contributed by atoms with Gasteiger partial charge in [-0.2, -0.15) is 0 Å². The van der Waals surface area contributed by atoms with Crippen LogP contribution in [-0.4, -0.2) is 24.6 Å². The van der Waals surface area contributed by atoms with Gasteiger partial charge in [-0.25, -0.2) is 13.6 Å². The van der Waals surface area contributed by atoms with E-state index < -0.39 is 36.2 Å². The summed E-state index contributed by atoms with van der Waals surface area (Å²) < 4.78 is 36.4. The molecule has 2 aromatic carbocycles. The van der Waals surface area contributed by atoms with Gasteiger partial charge in [-0.1, -0.05) is 23.2 Å². The van der Waals surface area contributed by atoms with Gasteiger partial charge >= 0.3 is 5.97 Å². The summed E-state index contributed by atoms with van der Waals surface area (Å²) in [6.07, 6.45) is -1.05. The van der Waals surface area contributed by atoms with E-state index in [2.05, 4.69) is 5.32 Å². The molecule has 26 heavy (non-hydrogen) atoms. The van der Waals surface area contributed by atoms with Crippen LogP contribution >= 0.6 is 23.2 Å². The summed E-state index contributed by atoms with van der Waals surface area (Å²) >= 11 is 11.7. The van der Waals surface area contributed by atoms with E-state index in [1.165, 1.54) is 25.1 Å². The lowest BCUT2D eigenvalue weighted by molar-refractivity contribution is -0.153. The Balaban J connectivity index is 1.85. The summed E-state index contributed by atoms with van der Waals surface area (Å²) in [6.45, 7) is 0.739. The molecule has 0 aliphatic heterocycles. The number of hydrogen-bond donors (Lipinski definition) is 1. The van der Waals surface area contributed by atoms with Gasteiger partial charge in [0, 0.05) is 11.1 Å². The van der Waals surface area contributed by atoms with Gasteiger partial charge < -0.3 is 14.8 Å². The first kappa shape index (κ1) is 19.9. The minimum Gasteiger partial charge on any atom is -0.477 e. The van der Waals surface area contributed by atoms with Crippen LogP contribution in [0, 0.1) is 11.6 Å². The van der Waals surface area contributed by atoms with Gasteiger partial charge in [-0.15, -0.1) is 0 Å². The van der Waals surface area contributed by atoms with Crippen LogP contribution in [0.4, 0.5) is 14.5 Å². The fourth-order valence-electron chi connectivity index (χ4n) is 1.84. The largest absolute Gasteiger partial charge is 0.477 e. The van der Waals surface area contributed by atoms with Crippen molar-refractivity contribution < 1.29 is 27.8 Å². The molecule has 0 saturated carbocycles. The summed E-state index contributed by atoms with van der Waals surface area (Å²) in [6, 6.07) is 7.12. The third-order valence-electron chi connectivity index (χ3n) is 3.08. The predicted molar refractivity (Wildman–Crippen MR) is 92.5 cm³/mol. The molecule has 0 bridgehead atoms. The van der Waals surface area contributed by atoms with E-state index in [1.54, 1.807) is 0 Å². The van der Waals surface area contributed by atoms with Crippen molar-refractivity contribution in [1.82, 2.24) is 0 Å². The number of esters is 1. The van der Waals surface area contributed by atoms with Gasteiger partial charge in [0.05, 0.1) is 10.7 Å². The highest BCUT2D eigenvalue weighted by atomic mass is 35.5. The average Bonchev–Trinajstić information content (AvgIpc) is 2.57. The second-order valence-corrected chi connectivity index (χ2v) is 5.96. The topological polar surface area (TPSA) is 64.6 Å². The minimum absolute atomic E-state index is 0.210. The smallest absolute Gasteiger partial charge is 0.347 e. The number of hydrogen-bond acceptors (Lipinski definition) is 4. The molecule has 0 aliphatic rings. The number of halogens is 4. The second-order valence-electron chi connectivity index (χ2n) is 5.11. The Morgan fingerprint density at radius 3 is 2.54 bits per heavy atom. The van der Waals surface area contributed by atoms with E-state index in [4.69, 9.17) is 32.7 Å². The molecule has 0 aliphatic carbocycles. The minimum atomic E-state index is -1.05. The van der Waals surface area contributed by atoms with Crippen molar-refractivity contribution in [2.75, 3.05) is 11.9 Å². The molecular formula is C17H13Cl2F2NO4. The Kier molecular flexibility index (Phi) is 6.76.